The molecule has 2 N–H and O–H groups in total. The molecule has 3 aromatic rings. The molecule has 0 saturated carbocycles. The van der Waals surface area contributed by atoms with Crippen molar-refractivity contribution in [3.8, 4) is 6.07 Å². The fraction of sp³-hybridized carbons (Fsp3) is 0.391. The molecule has 10 heteroatoms. The molecule has 3 heterocycles. The second kappa shape index (κ2) is 10.8. The Labute approximate surface area is 201 Å². The molecule has 0 spiro atoms. The van der Waals surface area contributed by atoms with E-state index in [1.54, 1.807) is 0 Å². The zero-order valence-corrected chi connectivity index (χ0v) is 20.3. The third-order valence-corrected chi connectivity index (χ3v) is 7.63. The highest BCUT2D eigenvalue weighted by Gasteiger charge is 2.20. The second-order valence-corrected chi connectivity index (χ2v) is 10.0. The number of aromatic nitrogens is 3. The van der Waals surface area contributed by atoms with Crippen molar-refractivity contribution in [3.63, 3.8) is 0 Å². The number of amides is 1. The van der Waals surface area contributed by atoms with Gasteiger partial charge in [0.05, 0.1) is 17.4 Å². The van der Waals surface area contributed by atoms with Crippen LogP contribution >= 0.6 is 23.1 Å². The predicted molar refractivity (Wildman–Crippen MR) is 131 cm³/mol. The van der Waals surface area contributed by atoms with Crippen LogP contribution < -0.4 is 10.6 Å². The molecule has 0 aliphatic carbocycles. The van der Waals surface area contributed by atoms with E-state index in [0.717, 1.165) is 41.4 Å². The summed E-state index contributed by atoms with van der Waals surface area (Å²) in [6.07, 6.45) is 2.38. The van der Waals surface area contributed by atoms with Crippen LogP contribution in [0.1, 0.15) is 35.2 Å². The Hall–Kier alpha value is -2.87. The number of nitrogens with zero attached hydrogens (tertiary/aromatic N) is 4. The predicted octanol–water partition coefficient (Wildman–Crippen LogP) is 4.20. The summed E-state index contributed by atoms with van der Waals surface area (Å²) in [7, 11) is 0. The molecule has 1 aliphatic heterocycles. The largest absolute Gasteiger partial charge is 0.376 e. The molecular weight excluding hydrogens is 456 g/mol. The van der Waals surface area contributed by atoms with Gasteiger partial charge in [0, 0.05) is 25.4 Å². The number of rotatable bonds is 9. The van der Waals surface area contributed by atoms with Crippen LogP contribution in [0.5, 0.6) is 0 Å². The summed E-state index contributed by atoms with van der Waals surface area (Å²) in [5.74, 6) is 0.533. The van der Waals surface area contributed by atoms with Gasteiger partial charge in [0.25, 0.3) is 0 Å². The van der Waals surface area contributed by atoms with Crippen molar-refractivity contribution < 1.29 is 9.53 Å². The van der Waals surface area contributed by atoms with E-state index in [-0.39, 0.29) is 17.8 Å². The van der Waals surface area contributed by atoms with Crippen molar-refractivity contribution >= 4 is 40.0 Å². The van der Waals surface area contributed by atoms with Gasteiger partial charge in [-0.25, -0.2) is 0 Å². The first-order valence-electron chi connectivity index (χ1n) is 10.8. The Kier molecular flexibility index (Phi) is 7.65. The molecule has 0 bridgehead atoms. The molecule has 172 valence electrons. The highest BCUT2D eigenvalue weighted by atomic mass is 32.2. The third-order valence-electron chi connectivity index (χ3n) is 5.62. The summed E-state index contributed by atoms with van der Waals surface area (Å²) < 4.78 is 8.31. The van der Waals surface area contributed by atoms with Crippen LogP contribution in [0.25, 0.3) is 0 Å². The number of anilines is 2. The van der Waals surface area contributed by atoms with Gasteiger partial charge in [0.1, 0.15) is 11.9 Å². The van der Waals surface area contributed by atoms with Crippen molar-refractivity contribution in [1.82, 2.24) is 14.8 Å². The van der Waals surface area contributed by atoms with Crippen LogP contribution in [0, 0.1) is 25.2 Å². The van der Waals surface area contributed by atoms with Crippen molar-refractivity contribution in [2.75, 3.05) is 29.5 Å². The Morgan fingerprint density at radius 1 is 1.33 bits per heavy atom. The van der Waals surface area contributed by atoms with Crippen LogP contribution in [0.2, 0.25) is 0 Å². The number of hydrogen-bond donors (Lipinski definition) is 2. The lowest BCUT2D eigenvalue weighted by Gasteiger charge is -2.13. The molecule has 1 aliphatic rings. The summed E-state index contributed by atoms with van der Waals surface area (Å²) in [5, 5.41) is 24.9. The minimum atomic E-state index is -0.188. The molecular formula is C23H26N6O2S2. The number of hydrogen-bond acceptors (Lipinski definition) is 8. The topological polar surface area (TPSA) is 105 Å². The lowest BCUT2D eigenvalue weighted by atomic mass is 10.2. The van der Waals surface area contributed by atoms with Crippen molar-refractivity contribution in [3.05, 3.63) is 52.7 Å². The maximum Gasteiger partial charge on any atom is 0.235 e. The number of nitrogens with one attached hydrogen (secondary N) is 2. The van der Waals surface area contributed by atoms with Gasteiger partial charge in [-0.2, -0.15) is 5.26 Å². The van der Waals surface area contributed by atoms with Gasteiger partial charge in [0.2, 0.25) is 11.0 Å². The standard InChI is InChI=1S/C23H26N6O2S2/c1-15-16(2)29(13-17-7-4-3-5-8-17)21(19(15)11-24)26-20(30)14-32-23-28-27-22(33-23)25-12-18-9-6-10-31-18/h3-5,7-8,18H,6,9-10,12-14H2,1-2H3,(H,25,27)(H,26,30). The average Bonchev–Trinajstić information content (AvgIpc) is 3.55. The summed E-state index contributed by atoms with van der Waals surface area (Å²) >= 11 is 2.75. The van der Waals surface area contributed by atoms with Gasteiger partial charge >= 0.3 is 0 Å². The monoisotopic (exact) mass is 482 g/mol. The molecule has 0 radical (unpaired) electrons. The molecule has 1 fully saturated rings. The molecule has 8 nitrogen and oxygen atoms in total. The highest BCUT2D eigenvalue weighted by Crippen LogP contribution is 2.29. The molecule has 1 atom stereocenters. The maximum absolute atomic E-state index is 12.8. The van der Waals surface area contributed by atoms with Gasteiger partial charge in [-0.05, 0) is 37.8 Å². The van der Waals surface area contributed by atoms with E-state index in [1.807, 2.05) is 48.7 Å². The number of ether oxygens (including phenoxy) is 1. The van der Waals surface area contributed by atoms with Crippen molar-refractivity contribution in [2.24, 2.45) is 0 Å². The summed E-state index contributed by atoms with van der Waals surface area (Å²) in [5.41, 5.74) is 3.44. The number of carbonyl (C=O) groups excluding carboxylic acids is 1. The third kappa shape index (κ3) is 5.74. The van der Waals surface area contributed by atoms with Gasteiger partial charge in [-0.1, -0.05) is 53.4 Å². The van der Waals surface area contributed by atoms with Crippen LogP contribution in [0.3, 0.4) is 0 Å². The van der Waals surface area contributed by atoms with E-state index < -0.39 is 0 Å². The zero-order chi connectivity index (χ0) is 23.2. The highest BCUT2D eigenvalue weighted by molar-refractivity contribution is 8.01. The van der Waals surface area contributed by atoms with E-state index in [4.69, 9.17) is 4.74 Å². The summed E-state index contributed by atoms with van der Waals surface area (Å²) in [4.78, 5) is 12.8. The molecule has 1 amide bonds. The Morgan fingerprint density at radius 3 is 2.88 bits per heavy atom. The average molecular weight is 483 g/mol. The van der Waals surface area contributed by atoms with Gasteiger partial charge in [0.15, 0.2) is 4.34 Å². The Morgan fingerprint density at radius 2 is 2.15 bits per heavy atom. The maximum atomic E-state index is 12.8. The number of carbonyl (C=O) groups is 1. The first kappa shape index (κ1) is 23.3. The number of thioether (sulfide) groups is 1. The van der Waals surface area contributed by atoms with E-state index in [2.05, 4.69) is 26.9 Å². The molecule has 4 rings (SSSR count). The van der Waals surface area contributed by atoms with Crippen molar-refractivity contribution in [1.29, 1.82) is 5.26 Å². The summed E-state index contributed by atoms with van der Waals surface area (Å²) in [6, 6.07) is 12.2. The number of benzene rings is 1. The number of nitriles is 1. The van der Waals surface area contributed by atoms with Crippen LogP contribution in [0.4, 0.5) is 10.9 Å². The normalized spacial score (nSPS) is 15.4. The second-order valence-electron chi connectivity index (χ2n) is 7.84. The van der Waals surface area contributed by atoms with Gasteiger partial charge in [-0.15, -0.1) is 10.2 Å². The lowest BCUT2D eigenvalue weighted by molar-refractivity contribution is -0.113. The van der Waals surface area contributed by atoms with Crippen molar-refractivity contribution in [2.45, 2.75) is 43.7 Å². The van der Waals surface area contributed by atoms with E-state index in [1.165, 1.54) is 23.1 Å². The fourth-order valence-corrected chi connectivity index (χ4v) is 5.29. The van der Waals surface area contributed by atoms with E-state index in [9.17, 15) is 10.1 Å². The molecule has 1 saturated heterocycles. The SMILES string of the molecule is Cc1c(C#N)c(NC(=O)CSc2nnc(NCC3CCCO3)s2)n(Cc2ccccc2)c1C. The first-order valence-corrected chi connectivity index (χ1v) is 12.6. The quantitative estimate of drug-likeness (QED) is 0.441. The van der Waals surface area contributed by atoms with Crippen LogP contribution in [-0.2, 0) is 16.1 Å². The molecule has 33 heavy (non-hydrogen) atoms. The lowest BCUT2D eigenvalue weighted by Crippen LogP contribution is -2.18. The first-order chi connectivity index (χ1) is 16.0. The molecule has 1 aromatic carbocycles. The minimum Gasteiger partial charge on any atom is -0.376 e. The van der Waals surface area contributed by atoms with E-state index in [0.29, 0.717) is 28.8 Å². The Balaban J connectivity index is 1.38. The zero-order valence-electron chi connectivity index (χ0n) is 18.6. The molecule has 1 unspecified atom stereocenters. The van der Waals surface area contributed by atoms with Crippen LogP contribution in [0.15, 0.2) is 34.7 Å². The minimum absolute atomic E-state index is 0.180. The van der Waals surface area contributed by atoms with Gasteiger partial charge in [-0.3, -0.25) is 4.79 Å². The van der Waals surface area contributed by atoms with Gasteiger partial charge < -0.3 is 19.9 Å². The smallest absolute Gasteiger partial charge is 0.235 e. The molecule has 2 aromatic heterocycles. The Bertz CT molecular complexity index is 1150. The summed E-state index contributed by atoms with van der Waals surface area (Å²) in [6.45, 7) is 5.99. The fourth-order valence-electron chi connectivity index (χ4n) is 3.74. The van der Waals surface area contributed by atoms with E-state index >= 15 is 0 Å². The van der Waals surface area contributed by atoms with Crippen LogP contribution in [-0.4, -0.2) is 45.7 Å².